The number of nitrogens with one attached hydrogen (secondary N) is 1. The fourth-order valence-electron chi connectivity index (χ4n) is 3.94. The largest absolute Gasteiger partial charge is 0.355 e. The summed E-state index contributed by atoms with van der Waals surface area (Å²) in [5.41, 5.74) is 4.00. The van der Waals surface area contributed by atoms with Gasteiger partial charge in [-0.3, -0.25) is 9.59 Å². The molecule has 1 aliphatic carbocycles. The van der Waals surface area contributed by atoms with Crippen molar-refractivity contribution in [3.05, 3.63) is 39.3 Å². The maximum atomic E-state index is 13.1. The number of hydrogen-bond donors (Lipinski definition) is 1. The Labute approximate surface area is 166 Å². The number of hydrogen-bond acceptors (Lipinski definition) is 6. The fourth-order valence-corrected chi connectivity index (χ4v) is 6.24. The summed E-state index contributed by atoms with van der Waals surface area (Å²) in [5, 5.41) is 1.70. The van der Waals surface area contributed by atoms with Crippen molar-refractivity contribution < 1.29 is 9.59 Å². The molecule has 27 heavy (non-hydrogen) atoms. The number of ketones is 2. The van der Waals surface area contributed by atoms with Crippen LogP contribution in [-0.2, 0) is 12.8 Å². The third kappa shape index (κ3) is 3.02. The molecule has 0 spiro atoms. The van der Waals surface area contributed by atoms with Gasteiger partial charge in [0, 0.05) is 21.5 Å². The zero-order chi connectivity index (χ0) is 19.3. The van der Waals surface area contributed by atoms with Crippen LogP contribution in [0.2, 0.25) is 0 Å². The second-order valence-corrected chi connectivity index (χ2v) is 9.43. The van der Waals surface area contributed by atoms with Crippen molar-refractivity contribution >= 4 is 44.9 Å². The summed E-state index contributed by atoms with van der Waals surface area (Å²) in [6, 6.07) is 0. The van der Waals surface area contributed by atoms with E-state index in [0.717, 1.165) is 39.3 Å². The first-order chi connectivity index (χ1) is 12.9. The zero-order valence-corrected chi connectivity index (χ0v) is 17.4. The van der Waals surface area contributed by atoms with E-state index in [9.17, 15) is 9.59 Å². The van der Waals surface area contributed by atoms with E-state index in [-0.39, 0.29) is 16.8 Å². The van der Waals surface area contributed by atoms with Crippen molar-refractivity contribution in [2.75, 3.05) is 0 Å². The lowest BCUT2D eigenvalue weighted by molar-refractivity contribution is 0.0988. The van der Waals surface area contributed by atoms with Gasteiger partial charge in [-0.25, -0.2) is 9.97 Å². The van der Waals surface area contributed by atoms with E-state index in [1.54, 1.807) is 17.7 Å². The number of carbonyl (C=O) groups excluding carboxylic acids is 2. The van der Waals surface area contributed by atoms with Crippen LogP contribution in [0.25, 0.3) is 10.2 Å². The number of fused-ring (bicyclic) bond motifs is 3. The van der Waals surface area contributed by atoms with Gasteiger partial charge in [-0.1, -0.05) is 11.8 Å². The second kappa shape index (κ2) is 6.87. The summed E-state index contributed by atoms with van der Waals surface area (Å²) >= 11 is 3.23. The molecule has 0 fully saturated rings. The summed E-state index contributed by atoms with van der Waals surface area (Å²) in [6.07, 6.45) is 4.95. The Morgan fingerprint density at radius 3 is 2.74 bits per heavy atom. The van der Waals surface area contributed by atoms with E-state index >= 15 is 0 Å². The molecule has 3 heterocycles. The maximum Gasteiger partial charge on any atom is 0.192 e. The molecule has 1 atom stereocenters. The van der Waals surface area contributed by atoms with Crippen LogP contribution in [-0.4, -0.2) is 31.8 Å². The SMILES string of the molecule is CC(=O)c1c(C)[nH]c(C(=O)[C@@H](C)Sc2ncnc3sc4c(c23)CCC4)c1C. The third-order valence-corrected chi connectivity index (χ3v) is 7.46. The Morgan fingerprint density at radius 1 is 1.26 bits per heavy atom. The highest BCUT2D eigenvalue weighted by Crippen LogP contribution is 2.41. The summed E-state index contributed by atoms with van der Waals surface area (Å²) in [6.45, 7) is 7.10. The summed E-state index contributed by atoms with van der Waals surface area (Å²) in [4.78, 5) is 39.4. The average Bonchev–Trinajstić information content (AvgIpc) is 3.27. The van der Waals surface area contributed by atoms with Crippen molar-refractivity contribution in [2.45, 2.75) is 57.2 Å². The Hall–Kier alpha value is -1.99. The van der Waals surface area contributed by atoms with E-state index in [1.165, 1.54) is 35.5 Å². The van der Waals surface area contributed by atoms with Crippen LogP contribution >= 0.6 is 23.1 Å². The number of Topliss-reactive ketones (excluding diaryl/α,β-unsaturated/α-hetero) is 2. The summed E-state index contributed by atoms with van der Waals surface area (Å²) in [5.74, 6) is -0.0290. The van der Waals surface area contributed by atoms with Crippen molar-refractivity contribution in [3.63, 3.8) is 0 Å². The van der Waals surface area contributed by atoms with Gasteiger partial charge in [0.2, 0.25) is 0 Å². The number of aromatic amines is 1. The first-order valence-corrected chi connectivity index (χ1v) is 10.7. The molecule has 0 bridgehead atoms. The molecule has 0 unspecified atom stereocenters. The molecule has 140 valence electrons. The van der Waals surface area contributed by atoms with Gasteiger partial charge in [0.15, 0.2) is 11.6 Å². The lowest BCUT2D eigenvalue weighted by Gasteiger charge is -2.11. The molecule has 3 aromatic rings. The first kappa shape index (κ1) is 18.4. The Kier molecular flexibility index (Phi) is 4.68. The van der Waals surface area contributed by atoms with E-state index < -0.39 is 0 Å². The number of thiophene rings is 1. The molecule has 0 amide bonds. The standard InChI is InChI=1S/C20H21N3O2S2/c1-9-15(11(3)24)10(2)23-17(9)18(25)12(4)26-19-16-13-6-5-7-14(13)27-20(16)22-8-21-19/h8,12,23H,5-7H2,1-4H3/t12-/m1/s1. The molecule has 0 saturated heterocycles. The van der Waals surface area contributed by atoms with Crippen LogP contribution in [0.4, 0.5) is 0 Å². The number of rotatable bonds is 5. The lowest BCUT2D eigenvalue weighted by Crippen LogP contribution is -2.15. The van der Waals surface area contributed by atoms with Gasteiger partial charge in [0.1, 0.15) is 16.2 Å². The second-order valence-electron chi connectivity index (χ2n) is 7.02. The van der Waals surface area contributed by atoms with Crippen molar-refractivity contribution in [1.82, 2.24) is 15.0 Å². The van der Waals surface area contributed by atoms with Crippen molar-refractivity contribution in [3.8, 4) is 0 Å². The zero-order valence-electron chi connectivity index (χ0n) is 15.8. The van der Waals surface area contributed by atoms with Crippen LogP contribution in [0, 0.1) is 13.8 Å². The summed E-state index contributed by atoms with van der Waals surface area (Å²) in [7, 11) is 0. The van der Waals surface area contributed by atoms with Gasteiger partial charge >= 0.3 is 0 Å². The van der Waals surface area contributed by atoms with E-state index in [0.29, 0.717) is 11.3 Å². The molecule has 0 aliphatic heterocycles. The Morgan fingerprint density at radius 2 is 2.04 bits per heavy atom. The first-order valence-electron chi connectivity index (χ1n) is 9.04. The van der Waals surface area contributed by atoms with Crippen molar-refractivity contribution in [1.29, 1.82) is 0 Å². The maximum absolute atomic E-state index is 13.1. The Balaban J connectivity index is 1.66. The molecule has 0 saturated carbocycles. The molecule has 0 aromatic carbocycles. The quantitative estimate of drug-likeness (QED) is 0.383. The number of aromatic nitrogens is 3. The third-order valence-electron chi connectivity index (χ3n) is 5.16. The van der Waals surface area contributed by atoms with Crippen LogP contribution in [0.3, 0.4) is 0 Å². The highest BCUT2D eigenvalue weighted by atomic mass is 32.2. The molecule has 7 heteroatoms. The molecule has 3 aromatic heterocycles. The van der Waals surface area contributed by atoms with Crippen LogP contribution in [0.15, 0.2) is 11.4 Å². The fraction of sp³-hybridized carbons (Fsp3) is 0.400. The monoisotopic (exact) mass is 399 g/mol. The number of H-pyrrole nitrogens is 1. The van der Waals surface area contributed by atoms with Gasteiger partial charge in [-0.05, 0) is 58.1 Å². The van der Waals surface area contributed by atoms with Crippen LogP contribution in [0.1, 0.15) is 62.8 Å². The highest BCUT2D eigenvalue weighted by Gasteiger charge is 2.27. The normalized spacial score (nSPS) is 14.5. The number of carbonyl (C=O) groups is 2. The predicted molar refractivity (Wildman–Crippen MR) is 109 cm³/mol. The van der Waals surface area contributed by atoms with Gasteiger partial charge < -0.3 is 4.98 Å². The number of thioether (sulfide) groups is 1. The molecular formula is C20H21N3O2S2. The Bertz CT molecular complexity index is 1080. The van der Waals surface area contributed by atoms with Crippen LogP contribution in [0.5, 0.6) is 0 Å². The van der Waals surface area contributed by atoms with E-state index in [1.807, 2.05) is 20.8 Å². The van der Waals surface area contributed by atoms with E-state index in [2.05, 4.69) is 15.0 Å². The molecular weight excluding hydrogens is 378 g/mol. The van der Waals surface area contributed by atoms with Gasteiger partial charge in [0.05, 0.1) is 10.9 Å². The molecule has 1 aliphatic rings. The molecule has 4 rings (SSSR count). The van der Waals surface area contributed by atoms with E-state index in [4.69, 9.17) is 0 Å². The molecule has 5 nitrogen and oxygen atoms in total. The highest BCUT2D eigenvalue weighted by molar-refractivity contribution is 8.00. The molecule has 1 N–H and O–H groups in total. The molecule has 0 radical (unpaired) electrons. The predicted octanol–water partition coefficient (Wildman–Crippen LogP) is 4.69. The van der Waals surface area contributed by atoms with Crippen molar-refractivity contribution in [2.24, 2.45) is 0 Å². The van der Waals surface area contributed by atoms with Gasteiger partial charge in [-0.2, -0.15) is 0 Å². The smallest absolute Gasteiger partial charge is 0.192 e. The topological polar surface area (TPSA) is 75.7 Å². The minimum atomic E-state index is -0.309. The minimum Gasteiger partial charge on any atom is -0.355 e. The van der Waals surface area contributed by atoms with Gasteiger partial charge in [0.25, 0.3) is 0 Å². The number of nitrogens with zero attached hydrogens (tertiary/aromatic N) is 2. The lowest BCUT2D eigenvalue weighted by atomic mass is 10.0. The minimum absolute atomic E-state index is 0.00765. The van der Waals surface area contributed by atoms with Crippen LogP contribution < -0.4 is 0 Å². The average molecular weight is 400 g/mol. The summed E-state index contributed by atoms with van der Waals surface area (Å²) < 4.78 is 0. The van der Waals surface area contributed by atoms with Gasteiger partial charge in [-0.15, -0.1) is 11.3 Å². The number of aryl methyl sites for hydroxylation is 3.